The van der Waals surface area contributed by atoms with E-state index in [0.717, 1.165) is 10.0 Å². The molecule has 0 spiro atoms. The first kappa shape index (κ1) is 14.7. The van der Waals surface area contributed by atoms with Gasteiger partial charge in [-0.3, -0.25) is 0 Å². The summed E-state index contributed by atoms with van der Waals surface area (Å²) in [6, 6.07) is 7.43. The van der Waals surface area contributed by atoms with Crippen LogP contribution < -0.4 is 0 Å². The van der Waals surface area contributed by atoms with Gasteiger partial charge in [0.25, 0.3) is 0 Å². The quantitative estimate of drug-likeness (QED) is 0.876. The average Bonchev–Trinajstić information content (AvgIpc) is 2.29. The summed E-state index contributed by atoms with van der Waals surface area (Å²) in [6.07, 6.45) is 0.332. The fourth-order valence-corrected chi connectivity index (χ4v) is 2.99. The van der Waals surface area contributed by atoms with Crippen LogP contribution in [0.1, 0.15) is 31.4 Å². The second kappa shape index (κ2) is 6.52. The van der Waals surface area contributed by atoms with E-state index in [2.05, 4.69) is 15.9 Å². The Bertz CT molecular complexity index is 457. The number of hydrogen-bond acceptors (Lipinski definition) is 3. The minimum atomic E-state index is -2.93. The lowest BCUT2D eigenvalue weighted by Gasteiger charge is -2.12. The summed E-state index contributed by atoms with van der Waals surface area (Å²) in [6.45, 7) is 1.64. The second-order valence-electron chi connectivity index (χ2n) is 3.92. The van der Waals surface area contributed by atoms with E-state index in [1.54, 1.807) is 6.92 Å². The summed E-state index contributed by atoms with van der Waals surface area (Å²) in [5.74, 6) is 0.309. The van der Waals surface area contributed by atoms with Crippen LogP contribution in [-0.4, -0.2) is 25.0 Å². The molecule has 0 saturated heterocycles. The van der Waals surface area contributed by atoms with Crippen molar-refractivity contribution < 1.29 is 13.5 Å². The van der Waals surface area contributed by atoms with Crippen LogP contribution in [-0.2, 0) is 9.84 Å². The summed E-state index contributed by atoms with van der Waals surface area (Å²) in [4.78, 5) is 0. The predicted octanol–water partition coefficient (Wildman–Crippen LogP) is 2.70. The maximum absolute atomic E-state index is 11.3. The third-order valence-corrected chi connectivity index (χ3v) is 5.15. The molecule has 1 unspecified atom stereocenters. The van der Waals surface area contributed by atoms with Crippen molar-refractivity contribution in [2.45, 2.75) is 25.9 Å². The molecule has 0 saturated carbocycles. The van der Waals surface area contributed by atoms with Gasteiger partial charge in [0, 0.05) is 10.2 Å². The van der Waals surface area contributed by atoms with Gasteiger partial charge in [0.2, 0.25) is 0 Å². The molecule has 0 aliphatic rings. The van der Waals surface area contributed by atoms with Crippen molar-refractivity contribution in [3.63, 3.8) is 0 Å². The lowest BCUT2D eigenvalue weighted by Crippen LogP contribution is -2.10. The maximum Gasteiger partial charge on any atom is 0.150 e. The molecule has 5 heteroatoms. The Labute approximate surface area is 111 Å². The number of halogens is 1. The van der Waals surface area contributed by atoms with E-state index < -0.39 is 15.9 Å². The molecule has 17 heavy (non-hydrogen) atoms. The molecule has 1 N–H and O–H groups in total. The van der Waals surface area contributed by atoms with Crippen LogP contribution in [0, 0.1) is 0 Å². The zero-order chi connectivity index (χ0) is 12.9. The van der Waals surface area contributed by atoms with E-state index in [9.17, 15) is 13.5 Å². The molecule has 1 aromatic rings. The van der Waals surface area contributed by atoms with Crippen LogP contribution in [0.4, 0.5) is 0 Å². The van der Waals surface area contributed by atoms with Gasteiger partial charge >= 0.3 is 0 Å². The largest absolute Gasteiger partial charge is 0.388 e. The number of aliphatic hydroxyl groups excluding tert-OH is 1. The van der Waals surface area contributed by atoms with Gasteiger partial charge in [0.15, 0.2) is 0 Å². The highest BCUT2D eigenvalue weighted by Crippen LogP contribution is 2.26. The van der Waals surface area contributed by atoms with Gasteiger partial charge in [-0.05, 0) is 24.5 Å². The lowest BCUT2D eigenvalue weighted by molar-refractivity contribution is 0.166. The van der Waals surface area contributed by atoms with Crippen molar-refractivity contribution in [2.24, 2.45) is 0 Å². The number of aliphatic hydroxyl groups is 1. The molecular weight excluding hydrogens is 304 g/mol. The Hall–Kier alpha value is -0.390. The van der Waals surface area contributed by atoms with Crippen molar-refractivity contribution in [2.75, 3.05) is 11.5 Å². The van der Waals surface area contributed by atoms with Crippen molar-refractivity contribution in [3.05, 3.63) is 34.3 Å². The first-order valence-corrected chi connectivity index (χ1v) is 8.20. The SMILES string of the molecule is CCS(=O)(=O)CCCC(O)c1ccccc1Br. The molecule has 0 heterocycles. The third kappa shape index (κ3) is 4.77. The highest BCUT2D eigenvalue weighted by atomic mass is 79.9. The number of benzene rings is 1. The predicted molar refractivity (Wildman–Crippen MR) is 72.7 cm³/mol. The molecule has 1 rings (SSSR count). The number of sulfone groups is 1. The Morgan fingerprint density at radius 3 is 2.59 bits per heavy atom. The fourth-order valence-electron chi connectivity index (χ4n) is 1.54. The normalized spacial score (nSPS) is 13.6. The third-order valence-electron chi connectivity index (χ3n) is 2.64. The van der Waals surface area contributed by atoms with E-state index >= 15 is 0 Å². The molecule has 0 aliphatic heterocycles. The van der Waals surface area contributed by atoms with Crippen LogP contribution >= 0.6 is 15.9 Å². The molecule has 96 valence electrons. The lowest BCUT2D eigenvalue weighted by atomic mass is 10.1. The van der Waals surface area contributed by atoms with Crippen molar-refractivity contribution >= 4 is 25.8 Å². The Morgan fingerprint density at radius 1 is 1.35 bits per heavy atom. The first-order valence-electron chi connectivity index (χ1n) is 5.59. The smallest absolute Gasteiger partial charge is 0.150 e. The molecule has 0 fully saturated rings. The molecule has 0 amide bonds. The summed E-state index contributed by atoms with van der Waals surface area (Å²) >= 11 is 3.36. The van der Waals surface area contributed by atoms with Gasteiger partial charge < -0.3 is 5.11 Å². The van der Waals surface area contributed by atoms with Crippen molar-refractivity contribution in [3.8, 4) is 0 Å². The van der Waals surface area contributed by atoms with Crippen LogP contribution in [0.25, 0.3) is 0 Å². The zero-order valence-corrected chi connectivity index (χ0v) is 12.2. The van der Waals surface area contributed by atoms with Crippen LogP contribution in [0.3, 0.4) is 0 Å². The summed E-state index contributed by atoms with van der Waals surface area (Å²) in [5.41, 5.74) is 0.807. The highest BCUT2D eigenvalue weighted by Gasteiger charge is 2.13. The van der Waals surface area contributed by atoms with E-state index in [4.69, 9.17) is 0 Å². The zero-order valence-electron chi connectivity index (χ0n) is 9.77. The molecule has 1 aromatic carbocycles. The molecule has 0 aromatic heterocycles. The van der Waals surface area contributed by atoms with Crippen LogP contribution in [0.15, 0.2) is 28.7 Å². The van der Waals surface area contributed by atoms with Gasteiger partial charge in [0.1, 0.15) is 9.84 Å². The van der Waals surface area contributed by atoms with Crippen LogP contribution in [0.2, 0.25) is 0 Å². The molecule has 3 nitrogen and oxygen atoms in total. The Morgan fingerprint density at radius 2 is 2.00 bits per heavy atom. The van der Waals surface area contributed by atoms with E-state index in [1.807, 2.05) is 24.3 Å². The summed E-state index contributed by atoms with van der Waals surface area (Å²) < 4.78 is 23.4. The number of hydrogen-bond donors (Lipinski definition) is 1. The van der Waals surface area contributed by atoms with E-state index in [-0.39, 0.29) is 11.5 Å². The standard InChI is InChI=1S/C12H17BrO3S/c1-2-17(15,16)9-5-8-12(14)10-6-3-4-7-11(10)13/h3-4,6-7,12,14H,2,5,8-9H2,1H3. The highest BCUT2D eigenvalue weighted by molar-refractivity contribution is 9.10. The minimum Gasteiger partial charge on any atom is -0.388 e. The Balaban J connectivity index is 2.51. The molecule has 1 atom stereocenters. The maximum atomic E-state index is 11.3. The topological polar surface area (TPSA) is 54.4 Å². The van der Waals surface area contributed by atoms with Gasteiger partial charge in [-0.15, -0.1) is 0 Å². The second-order valence-corrected chi connectivity index (χ2v) is 7.24. The van der Waals surface area contributed by atoms with Gasteiger partial charge in [-0.2, -0.15) is 0 Å². The van der Waals surface area contributed by atoms with Gasteiger partial charge in [-0.1, -0.05) is 41.1 Å². The van der Waals surface area contributed by atoms with Crippen LogP contribution in [0.5, 0.6) is 0 Å². The molecule has 0 radical (unpaired) electrons. The first-order chi connectivity index (χ1) is 7.96. The fraction of sp³-hybridized carbons (Fsp3) is 0.500. The summed E-state index contributed by atoms with van der Waals surface area (Å²) in [7, 11) is -2.93. The van der Waals surface area contributed by atoms with Crippen molar-refractivity contribution in [1.82, 2.24) is 0 Å². The Kier molecular flexibility index (Phi) is 5.62. The van der Waals surface area contributed by atoms with E-state index in [0.29, 0.717) is 12.8 Å². The molecular formula is C12H17BrO3S. The van der Waals surface area contributed by atoms with E-state index in [1.165, 1.54) is 0 Å². The average molecular weight is 321 g/mol. The number of rotatable bonds is 6. The molecule has 0 bridgehead atoms. The minimum absolute atomic E-state index is 0.144. The molecule has 0 aliphatic carbocycles. The van der Waals surface area contributed by atoms with Gasteiger partial charge in [-0.25, -0.2) is 8.42 Å². The summed E-state index contributed by atoms with van der Waals surface area (Å²) in [5, 5.41) is 9.95. The van der Waals surface area contributed by atoms with Crippen molar-refractivity contribution in [1.29, 1.82) is 0 Å². The monoisotopic (exact) mass is 320 g/mol. The van der Waals surface area contributed by atoms with Gasteiger partial charge in [0.05, 0.1) is 11.9 Å².